The minimum absolute atomic E-state index is 0.0304. The Labute approximate surface area is 172 Å². The van der Waals surface area contributed by atoms with Gasteiger partial charge in [-0.1, -0.05) is 32.0 Å². The number of nitrogens with zero attached hydrogens (tertiary/aromatic N) is 1. The standard InChI is InChI=1S/C24H27N3O2/c1-16(2)18-10-12-21(13-11-18)26-23(28)19-6-8-20(9-7-19)24(29)27-22-5-3-4-17(14-22)15-25/h3-5,10-14,16,19-20H,6-9H2,1-2H3,(H,26,28)(H,27,29). The average Bonchev–Trinajstić information content (AvgIpc) is 2.74. The number of amides is 2. The Balaban J connectivity index is 1.49. The van der Waals surface area contributed by atoms with Crippen LogP contribution in [0.15, 0.2) is 48.5 Å². The van der Waals surface area contributed by atoms with Gasteiger partial charge in [0.1, 0.15) is 0 Å². The lowest BCUT2D eigenvalue weighted by atomic mass is 9.81. The molecule has 5 heteroatoms. The topological polar surface area (TPSA) is 82.0 Å². The Morgan fingerprint density at radius 3 is 1.97 bits per heavy atom. The van der Waals surface area contributed by atoms with E-state index in [2.05, 4.69) is 30.6 Å². The summed E-state index contributed by atoms with van der Waals surface area (Å²) in [6, 6.07) is 17.0. The van der Waals surface area contributed by atoms with Crippen molar-refractivity contribution < 1.29 is 9.59 Å². The zero-order valence-electron chi connectivity index (χ0n) is 16.9. The van der Waals surface area contributed by atoms with E-state index in [4.69, 9.17) is 5.26 Å². The van der Waals surface area contributed by atoms with E-state index in [1.165, 1.54) is 5.56 Å². The lowest BCUT2D eigenvalue weighted by molar-refractivity contribution is -0.125. The van der Waals surface area contributed by atoms with Crippen molar-refractivity contribution in [1.82, 2.24) is 0 Å². The lowest BCUT2D eigenvalue weighted by Gasteiger charge is -2.27. The number of nitrogens with one attached hydrogen (secondary N) is 2. The van der Waals surface area contributed by atoms with Gasteiger partial charge in [0, 0.05) is 23.2 Å². The highest BCUT2D eigenvalue weighted by Crippen LogP contribution is 2.31. The summed E-state index contributed by atoms with van der Waals surface area (Å²) in [6.45, 7) is 4.28. The van der Waals surface area contributed by atoms with E-state index in [9.17, 15) is 9.59 Å². The molecule has 2 aromatic carbocycles. The van der Waals surface area contributed by atoms with Gasteiger partial charge in [-0.25, -0.2) is 0 Å². The number of hydrogen-bond acceptors (Lipinski definition) is 3. The van der Waals surface area contributed by atoms with E-state index in [1.54, 1.807) is 24.3 Å². The van der Waals surface area contributed by atoms with E-state index in [1.807, 2.05) is 24.3 Å². The zero-order chi connectivity index (χ0) is 20.8. The molecular formula is C24H27N3O2. The fourth-order valence-corrected chi connectivity index (χ4v) is 3.72. The van der Waals surface area contributed by atoms with Crippen LogP contribution in [0.4, 0.5) is 11.4 Å². The first kappa shape index (κ1) is 20.6. The fraction of sp³-hybridized carbons (Fsp3) is 0.375. The van der Waals surface area contributed by atoms with Crippen molar-refractivity contribution in [3.63, 3.8) is 0 Å². The molecule has 0 radical (unpaired) electrons. The predicted molar refractivity (Wildman–Crippen MR) is 114 cm³/mol. The molecule has 5 nitrogen and oxygen atoms in total. The molecule has 150 valence electrons. The number of rotatable bonds is 5. The van der Waals surface area contributed by atoms with Gasteiger partial charge in [0.15, 0.2) is 0 Å². The third kappa shape index (κ3) is 5.45. The molecule has 0 aromatic heterocycles. The van der Waals surface area contributed by atoms with Crippen molar-refractivity contribution in [2.24, 2.45) is 11.8 Å². The van der Waals surface area contributed by atoms with Gasteiger partial charge in [0.25, 0.3) is 0 Å². The third-order valence-electron chi connectivity index (χ3n) is 5.57. The van der Waals surface area contributed by atoms with Crippen LogP contribution in [0.5, 0.6) is 0 Å². The molecule has 1 fully saturated rings. The number of carbonyl (C=O) groups excluding carboxylic acids is 2. The Hall–Kier alpha value is -3.13. The second-order valence-electron chi connectivity index (χ2n) is 8.00. The summed E-state index contributed by atoms with van der Waals surface area (Å²) in [7, 11) is 0. The van der Waals surface area contributed by atoms with Crippen LogP contribution >= 0.6 is 0 Å². The first-order chi connectivity index (χ1) is 14.0. The SMILES string of the molecule is CC(C)c1ccc(NC(=O)C2CCC(C(=O)Nc3cccc(C#N)c3)CC2)cc1. The van der Waals surface area contributed by atoms with Crippen LogP contribution in [0.2, 0.25) is 0 Å². The third-order valence-corrected chi connectivity index (χ3v) is 5.57. The minimum Gasteiger partial charge on any atom is -0.326 e. The molecule has 0 spiro atoms. The van der Waals surface area contributed by atoms with Crippen molar-refractivity contribution in [3.05, 3.63) is 59.7 Å². The van der Waals surface area contributed by atoms with Gasteiger partial charge in [0.05, 0.1) is 11.6 Å². The van der Waals surface area contributed by atoms with E-state index < -0.39 is 0 Å². The summed E-state index contributed by atoms with van der Waals surface area (Å²) in [5, 5.41) is 14.9. The number of nitriles is 1. The molecule has 0 bridgehead atoms. The second-order valence-corrected chi connectivity index (χ2v) is 8.00. The van der Waals surface area contributed by atoms with Gasteiger partial charge in [-0.05, 0) is 67.5 Å². The molecule has 2 aromatic rings. The number of anilines is 2. The van der Waals surface area contributed by atoms with Crippen molar-refractivity contribution in [1.29, 1.82) is 5.26 Å². The van der Waals surface area contributed by atoms with Crippen LogP contribution in [0.1, 0.15) is 56.6 Å². The molecule has 2 amide bonds. The highest BCUT2D eigenvalue weighted by Gasteiger charge is 2.30. The van der Waals surface area contributed by atoms with Crippen LogP contribution in [0.3, 0.4) is 0 Å². The predicted octanol–water partition coefficient (Wildman–Crippen LogP) is 5.07. The van der Waals surface area contributed by atoms with Crippen molar-refractivity contribution in [2.75, 3.05) is 10.6 Å². The first-order valence-corrected chi connectivity index (χ1v) is 10.2. The maximum Gasteiger partial charge on any atom is 0.227 e. The maximum absolute atomic E-state index is 12.6. The van der Waals surface area contributed by atoms with Gasteiger partial charge < -0.3 is 10.6 Å². The largest absolute Gasteiger partial charge is 0.326 e. The van der Waals surface area contributed by atoms with Crippen molar-refractivity contribution in [2.45, 2.75) is 45.4 Å². The molecule has 0 aliphatic heterocycles. The normalized spacial score (nSPS) is 18.7. The van der Waals surface area contributed by atoms with Gasteiger partial charge in [-0.15, -0.1) is 0 Å². The summed E-state index contributed by atoms with van der Waals surface area (Å²) < 4.78 is 0. The highest BCUT2D eigenvalue weighted by molar-refractivity contribution is 5.94. The smallest absolute Gasteiger partial charge is 0.227 e. The van der Waals surface area contributed by atoms with Crippen LogP contribution < -0.4 is 10.6 Å². The van der Waals surface area contributed by atoms with Gasteiger partial charge in [-0.2, -0.15) is 5.26 Å². The van der Waals surface area contributed by atoms with Crippen molar-refractivity contribution in [3.8, 4) is 6.07 Å². The molecule has 1 aliphatic rings. The molecule has 3 rings (SSSR count). The molecule has 0 heterocycles. The number of hydrogen-bond donors (Lipinski definition) is 2. The molecule has 2 N–H and O–H groups in total. The highest BCUT2D eigenvalue weighted by atomic mass is 16.2. The summed E-state index contributed by atoms with van der Waals surface area (Å²) in [4.78, 5) is 25.1. The van der Waals surface area contributed by atoms with Gasteiger partial charge in [-0.3, -0.25) is 9.59 Å². The molecule has 0 atom stereocenters. The Morgan fingerprint density at radius 1 is 0.897 bits per heavy atom. The summed E-state index contributed by atoms with van der Waals surface area (Å²) in [6.07, 6.45) is 2.78. The van der Waals surface area contributed by atoms with Crippen LogP contribution in [0, 0.1) is 23.2 Å². The Bertz CT molecular complexity index is 904. The molecule has 0 unspecified atom stereocenters. The summed E-state index contributed by atoms with van der Waals surface area (Å²) in [5.74, 6) is 0.288. The first-order valence-electron chi connectivity index (χ1n) is 10.2. The minimum atomic E-state index is -0.102. The molecule has 1 aliphatic carbocycles. The quantitative estimate of drug-likeness (QED) is 0.749. The molecule has 29 heavy (non-hydrogen) atoms. The monoisotopic (exact) mass is 389 g/mol. The van der Waals surface area contributed by atoms with Gasteiger partial charge in [0.2, 0.25) is 11.8 Å². The zero-order valence-corrected chi connectivity index (χ0v) is 16.9. The lowest BCUT2D eigenvalue weighted by Crippen LogP contribution is -2.32. The maximum atomic E-state index is 12.6. The van der Waals surface area contributed by atoms with E-state index in [0.717, 1.165) is 5.69 Å². The number of benzene rings is 2. The van der Waals surface area contributed by atoms with E-state index in [0.29, 0.717) is 42.9 Å². The molecular weight excluding hydrogens is 362 g/mol. The second kappa shape index (κ2) is 9.38. The van der Waals surface area contributed by atoms with Crippen LogP contribution in [-0.2, 0) is 9.59 Å². The molecule has 1 saturated carbocycles. The average molecular weight is 389 g/mol. The van der Waals surface area contributed by atoms with Gasteiger partial charge >= 0.3 is 0 Å². The Morgan fingerprint density at radius 2 is 1.45 bits per heavy atom. The van der Waals surface area contributed by atoms with Crippen molar-refractivity contribution >= 4 is 23.2 Å². The molecule has 0 saturated heterocycles. The van der Waals surface area contributed by atoms with E-state index in [-0.39, 0.29) is 23.7 Å². The van der Waals surface area contributed by atoms with Crippen LogP contribution in [-0.4, -0.2) is 11.8 Å². The Kier molecular flexibility index (Phi) is 6.66. The summed E-state index contributed by atoms with van der Waals surface area (Å²) in [5.41, 5.74) is 3.22. The van der Waals surface area contributed by atoms with Crippen LogP contribution in [0.25, 0.3) is 0 Å². The van der Waals surface area contributed by atoms with E-state index >= 15 is 0 Å². The number of carbonyl (C=O) groups is 2. The summed E-state index contributed by atoms with van der Waals surface area (Å²) >= 11 is 0. The fourth-order valence-electron chi connectivity index (χ4n) is 3.72.